The molecule has 0 aliphatic heterocycles. The minimum Gasteiger partial charge on any atom is -0.504 e. The molecule has 7 nitrogen and oxygen atoms in total. The first kappa shape index (κ1) is 22.0. The van der Waals surface area contributed by atoms with Crippen molar-refractivity contribution in [3.05, 3.63) is 82.3 Å². The molecule has 8 heteroatoms. The van der Waals surface area contributed by atoms with Crippen molar-refractivity contribution in [2.45, 2.75) is 6.42 Å². The first-order chi connectivity index (χ1) is 16.0. The Morgan fingerprint density at radius 3 is 2.30 bits per heavy atom. The second kappa shape index (κ2) is 9.52. The molecular weight excluding hydrogens is 431 g/mol. The third kappa shape index (κ3) is 4.85. The first-order valence-corrected chi connectivity index (χ1v) is 10.1. The van der Waals surface area contributed by atoms with Gasteiger partial charge in [-0.3, -0.25) is 4.79 Å². The highest BCUT2D eigenvalue weighted by Gasteiger charge is 2.20. The average Bonchev–Trinajstić information content (AvgIpc) is 2.81. The van der Waals surface area contributed by atoms with Gasteiger partial charge >= 0.3 is 0 Å². The highest BCUT2D eigenvalue weighted by atomic mass is 19.1. The van der Waals surface area contributed by atoms with E-state index in [9.17, 15) is 14.3 Å². The highest BCUT2D eigenvalue weighted by Crippen LogP contribution is 2.42. The molecule has 0 saturated heterocycles. The number of hydrogen-bond acceptors (Lipinski definition) is 7. The van der Waals surface area contributed by atoms with E-state index in [-0.39, 0.29) is 40.8 Å². The van der Waals surface area contributed by atoms with Crippen molar-refractivity contribution >= 4 is 11.0 Å². The summed E-state index contributed by atoms with van der Waals surface area (Å²) in [7, 11) is 2.97. The Kier molecular flexibility index (Phi) is 6.35. The molecule has 0 saturated carbocycles. The summed E-state index contributed by atoms with van der Waals surface area (Å²) in [4.78, 5) is 12.6. The summed E-state index contributed by atoms with van der Waals surface area (Å²) in [5, 5.41) is 10.6. The number of ether oxygens (including phenoxy) is 4. The largest absolute Gasteiger partial charge is 0.504 e. The van der Waals surface area contributed by atoms with E-state index in [2.05, 4.69) is 0 Å². The van der Waals surface area contributed by atoms with Crippen molar-refractivity contribution in [2.75, 3.05) is 20.8 Å². The molecule has 0 amide bonds. The van der Waals surface area contributed by atoms with Gasteiger partial charge in [-0.25, -0.2) is 4.39 Å². The zero-order valence-electron chi connectivity index (χ0n) is 18.0. The summed E-state index contributed by atoms with van der Waals surface area (Å²) in [6.45, 7) is 0.281. The second-order valence-electron chi connectivity index (χ2n) is 7.06. The molecule has 0 spiro atoms. The van der Waals surface area contributed by atoms with Gasteiger partial charge in [-0.1, -0.05) is 12.1 Å². The Morgan fingerprint density at radius 1 is 0.939 bits per heavy atom. The van der Waals surface area contributed by atoms with Crippen LogP contribution in [0.3, 0.4) is 0 Å². The van der Waals surface area contributed by atoms with Crippen LogP contribution in [-0.4, -0.2) is 25.9 Å². The summed E-state index contributed by atoms with van der Waals surface area (Å²) in [6.07, 6.45) is 0.587. The number of aromatic hydroxyl groups is 1. The number of halogens is 1. The van der Waals surface area contributed by atoms with Gasteiger partial charge in [-0.15, -0.1) is 0 Å². The molecule has 0 atom stereocenters. The molecule has 4 rings (SSSR count). The number of methoxy groups -OCH3 is 2. The zero-order chi connectivity index (χ0) is 23.4. The minimum atomic E-state index is -0.533. The number of fused-ring (bicyclic) bond motifs is 1. The maximum Gasteiger partial charge on any atom is 0.294 e. The van der Waals surface area contributed by atoms with Crippen molar-refractivity contribution in [1.82, 2.24) is 0 Å². The normalized spacial score (nSPS) is 10.8. The third-order valence-electron chi connectivity index (χ3n) is 4.93. The van der Waals surface area contributed by atoms with Crippen LogP contribution in [0, 0.1) is 5.82 Å². The lowest BCUT2D eigenvalue weighted by molar-refractivity contribution is 0.289. The van der Waals surface area contributed by atoms with Crippen molar-refractivity contribution < 1.29 is 32.9 Å². The van der Waals surface area contributed by atoms with Crippen LogP contribution < -0.4 is 24.4 Å². The standard InChI is InChI=1S/C25H21FO7/c1-29-17-7-3-15(4-8-17)11-12-31-21-14-20-23(24(28)25(21)30-2)19(27)13-22(33-20)32-18-9-5-16(26)6-10-18/h3-10,13-14,28H,11-12H2,1-2H3. The molecular formula is C25H21FO7. The van der Waals surface area contributed by atoms with Crippen molar-refractivity contribution in [1.29, 1.82) is 0 Å². The van der Waals surface area contributed by atoms with E-state index in [1.807, 2.05) is 24.3 Å². The van der Waals surface area contributed by atoms with Gasteiger partial charge in [0.05, 0.1) is 26.9 Å². The Morgan fingerprint density at radius 2 is 1.64 bits per heavy atom. The fourth-order valence-corrected chi connectivity index (χ4v) is 3.28. The van der Waals surface area contributed by atoms with Gasteiger partial charge in [0.2, 0.25) is 11.2 Å². The lowest BCUT2D eigenvalue weighted by atomic mass is 10.1. The maximum atomic E-state index is 13.1. The number of phenols is 1. The molecule has 0 bridgehead atoms. The molecule has 170 valence electrons. The fraction of sp³-hybridized carbons (Fsp3) is 0.160. The van der Waals surface area contributed by atoms with E-state index in [4.69, 9.17) is 23.4 Å². The van der Waals surface area contributed by atoms with E-state index in [1.54, 1.807) is 7.11 Å². The Balaban J connectivity index is 1.61. The third-order valence-corrected chi connectivity index (χ3v) is 4.93. The Hall–Kier alpha value is -4.20. The number of hydrogen-bond donors (Lipinski definition) is 1. The molecule has 0 radical (unpaired) electrons. The van der Waals surface area contributed by atoms with Gasteiger partial charge in [-0.05, 0) is 42.0 Å². The zero-order valence-corrected chi connectivity index (χ0v) is 18.0. The molecule has 0 aliphatic rings. The molecule has 3 aromatic carbocycles. The molecule has 1 aromatic heterocycles. The predicted octanol–water partition coefficient (Wildman–Crippen LogP) is 5.07. The highest BCUT2D eigenvalue weighted by molar-refractivity contribution is 5.88. The summed E-state index contributed by atoms with van der Waals surface area (Å²) in [5.74, 6) is 0.344. The number of benzene rings is 3. The van der Waals surface area contributed by atoms with Gasteiger partial charge in [0.25, 0.3) is 5.95 Å². The number of rotatable bonds is 8. The monoisotopic (exact) mass is 452 g/mol. The molecule has 4 aromatic rings. The van der Waals surface area contributed by atoms with Crippen LogP contribution in [0.5, 0.6) is 34.7 Å². The van der Waals surface area contributed by atoms with Crippen molar-refractivity contribution in [3.8, 4) is 34.7 Å². The van der Waals surface area contributed by atoms with E-state index < -0.39 is 17.0 Å². The van der Waals surface area contributed by atoms with Crippen LogP contribution >= 0.6 is 0 Å². The van der Waals surface area contributed by atoms with Crippen LogP contribution in [0.25, 0.3) is 11.0 Å². The number of phenolic OH excluding ortho intramolecular Hbond substituents is 1. The quantitative estimate of drug-likeness (QED) is 0.399. The summed E-state index contributed by atoms with van der Waals surface area (Å²) >= 11 is 0. The SMILES string of the molecule is COc1ccc(CCOc2cc3oc(Oc4ccc(F)cc4)cc(=O)c3c(O)c2OC)cc1. The Labute approximate surface area is 188 Å². The van der Waals surface area contributed by atoms with Gasteiger partial charge in [0.1, 0.15) is 28.3 Å². The Bertz CT molecular complexity index is 1310. The maximum absolute atomic E-state index is 13.1. The van der Waals surface area contributed by atoms with E-state index in [0.29, 0.717) is 6.42 Å². The first-order valence-electron chi connectivity index (χ1n) is 10.1. The van der Waals surface area contributed by atoms with Crippen molar-refractivity contribution in [2.24, 2.45) is 0 Å². The van der Waals surface area contributed by atoms with E-state index in [1.165, 1.54) is 37.4 Å². The second-order valence-corrected chi connectivity index (χ2v) is 7.06. The van der Waals surface area contributed by atoms with Gasteiger partial charge in [0.15, 0.2) is 11.5 Å². The molecule has 33 heavy (non-hydrogen) atoms. The molecule has 0 aliphatic carbocycles. The van der Waals surface area contributed by atoms with Gasteiger partial charge in [0, 0.05) is 12.5 Å². The molecule has 0 unspecified atom stereocenters. The summed E-state index contributed by atoms with van der Waals surface area (Å²) in [5.41, 5.74) is 0.549. The summed E-state index contributed by atoms with van der Waals surface area (Å²) < 4.78 is 40.5. The topological polar surface area (TPSA) is 87.4 Å². The molecule has 0 fully saturated rings. The fourth-order valence-electron chi connectivity index (χ4n) is 3.28. The van der Waals surface area contributed by atoms with Crippen molar-refractivity contribution in [3.63, 3.8) is 0 Å². The van der Waals surface area contributed by atoms with Crippen LogP contribution in [0.4, 0.5) is 4.39 Å². The van der Waals surface area contributed by atoms with Crippen LogP contribution in [0.1, 0.15) is 5.56 Å². The van der Waals surface area contributed by atoms with E-state index in [0.717, 1.165) is 17.4 Å². The van der Waals surface area contributed by atoms with Gasteiger partial charge in [-0.2, -0.15) is 0 Å². The molecule has 1 heterocycles. The average molecular weight is 452 g/mol. The van der Waals surface area contributed by atoms with Crippen LogP contribution in [0.15, 0.2) is 69.9 Å². The summed E-state index contributed by atoms with van der Waals surface area (Å²) in [6, 6.07) is 15.4. The lowest BCUT2D eigenvalue weighted by Crippen LogP contribution is -2.06. The van der Waals surface area contributed by atoms with Crippen LogP contribution in [0.2, 0.25) is 0 Å². The van der Waals surface area contributed by atoms with Gasteiger partial charge < -0.3 is 28.5 Å². The van der Waals surface area contributed by atoms with E-state index >= 15 is 0 Å². The smallest absolute Gasteiger partial charge is 0.294 e. The molecule has 1 N–H and O–H groups in total. The van der Waals surface area contributed by atoms with Crippen LogP contribution in [-0.2, 0) is 6.42 Å². The lowest BCUT2D eigenvalue weighted by Gasteiger charge is -2.14. The predicted molar refractivity (Wildman–Crippen MR) is 119 cm³/mol. The minimum absolute atomic E-state index is 0.0248.